The second-order valence-corrected chi connectivity index (χ2v) is 5.80. The van der Waals surface area contributed by atoms with Crippen LogP contribution in [-0.4, -0.2) is 31.0 Å². The standard InChI is InChI=1S/C18H20FNO3/c1-22-16-8-4-6-14(17(16)19)10-20-18(11-21)9-13-5-2-3-7-15(13)23-12-18/h2-8,20-21H,9-12H2,1H3. The average molecular weight is 317 g/mol. The number of aliphatic hydroxyl groups is 1. The van der Waals surface area contributed by atoms with Crippen LogP contribution in [0.5, 0.6) is 11.5 Å². The fourth-order valence-corrected chi connectivity index (χ4v) is 2.83. The molecule has 5 heteroatoms. The van der Waals surface area contributed by atoms with Crippen LogP contribution in [0.25, 0.3) is 0 Å². The first-order valence-corrected chi connectivity index (χ1v) is 7.55. The Morgan fingerprint density at radius 2 is 2.09 bits per heavy atom. The molecule has 4 nitrogen and oxygen atoms in total. The Bertz CT molecular complexity index is 692. The number of hydrogen-bond acceptors (Lipinski definition) is 4. The molecule has 3 rings (SSSR count). The average Bonchev–Trinajstić information content (AvgIpc) is 2.60. The van der Waals surface area contributed by atoms with E-state index in [1.54, 1.807) is 18.2 Å². The van der Waals surface area contributed by atoms with E-state index in [9.17, 15) is 9.50 Å². The maximum Gasteiger partial charge on any atom is 0.169 e. The van der Waals surface area contributed by atoms with E-state index in [0.29, 0.717) is 18.6 Å². The van der Waals surface area contributed by atoms with Gasteiger partial charge in [-0.05, 0) is 24.1 Å². The van der Waals surface area contributed by atoms with Crippen molar-refractivity contribution >= 4 is 0 Å². The van der Waals surface area contributed by atoms with Crippen LogP contribution in [0.2, 0.25) is 0 Å². The number of ether oxygens (including phenoxy) is 2. The summed E-state index contributed by atoms with van der Waals surface area (Å²) in [6.07, 6.45) is 0.630. The molecule has 1 aliphatic heterocycles. The number of methoxy groups -OCH3 is 1. The van der Waals surface area contributed by atoms with Gasteiger partial charge in [0, 0.05) is 12.1 Å². The zero-order valence-electron chi connectivity index (χ0n) is 13.0. The van der Waals surface area contributed by atoms with E-state index < -0.39 is 5.54 Å². The van der Waals surface area contributed by atoms with Gasteiger partial charge in [-0.3, -0.25) is 0 Å². The van der Waals surface area contributed by atoms with Gasteiger partial charge in [-0.1, -0.05) is 30.3 Å². The lowest BCUT2D eigenvalue weighted by Gasteiger charge is -2.37. The van der Waals surface area contributed by atoms with Crippen LogP contribution in [0.3, 0.4) is 0 Å². The summed E-state index contributed by atoms with van der Waals surface area (Å²) >= 11 is 0. The van der Waals surface area contributed by atoms with Crippen LogP contribution in [0.15, 0.2) is 42.5 Å². The third-order valence-electron chi connectivity index (χ3n) is 4.23. The molecule has 2 aromatic carbocycles. The minimum atomic E-state index is -0.621. The van der Waals surface area contributed by atoms with E-state index in [1.165, 1.54) is 7.11 Å². The van der Waals surface area contributed by atoms with Crippen molar-refractivity contribution in [2.75, 3.05) is 20.3 Å². The number of rotatable bonds is 5. The monoisotopic (exact) mass is 317 g/mol. The van der Waals surface area contributed by atoms with Gasteiger partial charge in [0.25, 0.3) is 0 Å². The molecule has 2 N–H and O–H groups in total. The lowest BCUT2D eigenvalue weighted by molar-refractivity contribution is 0.0858. The Kier molecular flexibility index (Phi) is 4.50. The predicted octanol–water partition coefficient (Wildman–Crippen LogP) is 2.29. The first-order valence-electron chi connectivity index (χ1n) is 7.55. The van der Waals surface area contributed by atoms with Crippen LogP contribution in [0.4, 0.5) is 4.39 Å². The number of aliphatic hydroxyl groups excluding tert-OH is 1. The quantitative estimate of drug-likeness (QED) is 0.888. The van der Waals surface area contributed by atoms with Crippen molar-refractivity contribution < 1.29 is 19.0 Å². The minimum Gasteiger partial charge on any atom is -0.494 e. The molecule has 1 atom stereocenters. The van der Waals surface area contributed by atoms with E-state index in [-0.39, 0.29) is 24.7 Å². The molecule has 1 aliphatic rings. The molecule has 0 saturated carbocycles. The summed E-state index contributed by atoms with van der Waals surface area (Å²) in [6, 6.07) is 12.8. The molecular weight excluding hydrogens is 297 g/mol. The maximum atomic E-state index is 14.2. The summed E-state index contributed by atoms with van der Waals surface area (Å²) < 4.78 is 25.0. The van der Waals surface area contributed by atoms with E-state index in [2.05, 4.69) is 5.32 Å². The normalized spacial score (nSPS) is 19.8. The molecule has 0 amide bonds. The molecule has 0 aliphatic carbocycles. The molecule has 0 aromatic heterocycles. The van der Waals surface area contributed by atoms with Crippen molar-refractivity contribution in [2.24, 2.45) is 0 Å². The van der Waals surface area contributed by atoms with E-state index in [1.807, 2.05) is 24.3 Å². The third kappa shape index (κ3) is 3.16. The SMILES string of the molecule is COc1cccc(CNC2(CO)COc3ccccc3C2)c1F. The highest BCUT2D eigenvalue weighted by molar-refractivity contribution is 5.37. The zero-order valence-corrected chi connectivity index (χ0v) is 13.0. The molecule has 1 heterocycles. The molecule has 1 unspecified atom stereocenters. The Morgan fingerprint density at radius 3 is 2.87 bits per heavy atom. The maximum absolute atomic E-state index is 14.2. The van der Waals surface area contributed by atoms with Gasteiger partial charge in [0.15, 0.2) is 11.6 Å². The summed E-state index contributed by atoms with van der Waals surface area (Å²) in [6.45, 7) is 0.536. The summed E-state index contributed by atoms with van der Waals surface area (Å²) in [7, 11) is 1.44. The van der Waals surface area contributed by atoms with Gasteiger partial charge in [0.2, 0.25) is 0 Å². The molecule has 0 fully saturated rings. The Morgan fingerprint density at radius 1 is 1.26 bits per heavy atom. The number of hydrogen-bond donors (Lipinski definition) is 2. The van der Waals surface area contributed by atoms with Crippen LogP contribution < -0.4 is 14.8 Å². The van der Waals surface area contributed by atoms with Gasteiger partial charge in [-0.15, -0.1) is 0 Å². The van der Waals surface area contributed by atoms with Crippen LogP contribution in [0, 0.1) is 5.82 Å². The van der Waals surface area contributed by atoms with Crippen LogP contribution in [-0.2, 0) is 13.0 Å². The second-order valence-electron chi connectivity index (χ2n) is 5.80. The molecular formula is C18H20FNO3. The first kappa shape index (κ1) is 15.8. The third-order valence-corrected chi connectivity index (χ3v) is 4.23. The lowest BCUT2D eigenvalue weighted by atomic mass is 9.89. The Hall–Kier alpha value is -2.11. The zero-order chi connectivity index (χ0) is 16.3. The number of fused-ring (bicyclic) bond motifs is 1. The Balaban J connectivity index is 1.76. The largest absolute Gasteiger partial charge is 0.494 e. The van der Waals surface area contributed by atoms with Gasteiger partial charge in [0.05, 0.1) is 19.3 Å². The summed E-state index contributed by atoms with van der Waals surface area (Å²) in [5.41, 5.74) is 0.909. The van der Waals surface area contributed by atoms with E-state index in [4.69, 9.17) is 9.47 Å². The molecule has 0 radical (unpaired) electrons. The molecule has 23 heavy (non-hydrogen) atoms. The van der Waals surface area contributed by atoms with Crippen molar-refractivity contribution in [3.05, 3.63) is 59.4 Å². The van der Waals surface area contributed by atoms with Crippen molar-refractivity contribution in [2.45, 2.75) is 18.5 Å². The Labute approximate surface area is 134 Å². The number of para-hydroxylation sites is 1. The van der Waals surface area contributed by atoms with Crippen molar-refractivity contribution in [1.29, 1.82) is 0 Å². The van der Waals surface area contributed by atoms with Gasteiger partial charge in [-0.25, -0.2) is 4.39 Å². The lowest BCUT2D eigenvalue weighted by Crippen LogP contribution is -2.56. The van der Waals surface area contributed by atoms with Gasteiger partial charge >= 0.3 is 0 Å². The first-order chi connectivity index (χ1) is 11.2. The van der Waals surface area contributed by atoms with Crippen LogP contribution in [0.1, 0.15) is 11.1 Å². The fraction of sp³-hybridized carbons (Fsp3) is 0.333. The number of nitrogens with one attached hydrogen (secondary N) is 1. The smallest absolute Gasteiger partial charge is 0.169 e. The molecule has 0 spiro atoms. The molecule has 0 saturated heterocycles. The van der Waals surface area contributed by atoms with E-state index in [0.717, 1.165) is 11.3 Å². The van der Waals surface area contributed by atoms with Gasteiger partial charge < -0.3 is 19.9 Å². The van der Waals surface area contributed by atoms with Crippen LogP contribution >= 0.6 is 0 Å². The van der Waals surface area contributed by atoms with Gasteiger partial charge in [0.1, 0.15) is 12.4 Å². The minimum absolute atomic E-state index is 0.0904. The van der Waals surface area contributed by atoms with Crippen molar-refractivity contribution in [3.63, 3.8) is 0 Å². The highest BCUT2D eigenvalue weighted by atomic mass is 19.1. The summed E-state index contributed by atoms with van der Waals surface area (Å²) in [5.74, 6) is 0.672. The highest BCUT2D eigenvalue weighted by Gasteiger charge is 2.35. The second kappa shape index (κ2) is 6.56. The highest BCUT2D eigenvalue weighted by Crippen LogP contribution is 2.29. The molecule has 122 valence electrons. The number of benzene rings is 2. The summed E-state index contributed by atoms with van der Waals surface area (Å²) in [4.78, 5) is 0. The van der Waals surface area contributed by atoms with Gasteiger partial charge in [-0.2, -0.15) is 0 Å². The van der Waals surface area contributed by atoms with Crippen molar-refractivity contribution in [3.8, 4) is 11.5 Å². The topological polar surface area (TPSA) is 50.7 Å². The summed E-state index contributed by atoms with van der Waals surface area (Å²) in [5, 5.41) is 13.1. The van der Waals surface area contributed by atoms with Crippen molar-refractivity contribution in [1.82, 2.24) is 5.32 Å². The number of halogens is 1. The van der Waals surface area contributed by atoms with E-state index >= 15 is 0 Å². The molecule has 0 bridgehead atoms. The predicted molar refractivity (Wildman–Crippen MR) is 85.2 cm³/mol. The molecule has 2 aromatic rings. The fourth-order valence-electron chi connectivity index (χ4n) is 2.83.